The van der Waals surface area contributed by atoms with Crippen LogP contribution in [0.4, 0.5) is 17.5 Å². The molecule has 0 spiro atoms. The average Bonchev–Trinajstić information content (AvgIpc) is 3.06. The quantitative estimate of drug-likeness (QED) is 0.697. The molecule has 4 rings (SSSR count). The van der Waals surface area contributed by atoms with Crippen LogP contribution in [-0.4, -0.2) is 66.8 Å². The van der Waals surface area contributed by atoms with Gasteiger partial charge in [0, 0.05) is 51.5 Å². The van der Waals surface area contributed by atoms with E-state index in [1.54, 1.807) is 25.5 Å². The summed E-state index contributed by atoms with van der Waals surface area (Å²) in [6, 6.07) is 5.83. The Morgan fingerprint density at radius 1 is 0.833 bits per heavy atom. The third-order valence-electron chi connectivity index (χ3n) is 5.72. The number of esters is 1. The number of aromatic nitrogens is 3. The third-order valence-corrected chi connectivity index (χ3v) is 5.72. The fraction of sp³-hybridized carbons (Fsp3) is 0.545. The molecule has 2 aliphatic heterocycles. The molecule has 0 aromatic carbocycles. The minimum absolute atomic E-state index is 0.327. The Bertz CT molecular complexity index is 838. The number of ether oxygens (including phenoxy) is 1. The van der Waals surface area contributed by atoms with Crippen molar-refractivity contribution in [2.45, 2.75) is 32.6 Å². The molecule has 8 heteroatoms. The Morgan fingerprint density at radius 3 is 2.10 bits per heavy atom. The molecular formula is C22H30N6O2. The van der Waals surface area contributed by atoms with E-state index in [1.165, 1.54) is 19.3 Å². The molecular weight excluding hydrogens is 380 g/mol. The molecule has 2 aromatic heterocycles. The summed E-state index contributed by atoms with van der Waals surface area (Å²) in [5.41, 5.74) is 0.489. The first kappa shape index (κ1) is 20.4. The van der Waals surface area contributed by atoms with Gasteiger partial charge in [-0.3, -0.25) is 0 Å². The van der Waals surface area contributed by atoms with Crippen molar-refractivity contribution in [2.24, 2.45) is 0 Å². The van der Waals surface area contributed by atoms with Crippen molar-refractivity contribution in [1.29, 1.82) is 0 Å². The van der Waals surface area contributed by atoms with E-state index in [1.807, 2.05) is 6.07 Å². The predicted molar refractivity (Wildman–Crippen MR) is 117 cm³/mol. The van der Waals surface area contributed by atoms with Crippen LogP contribution in [0.5, 0.6) is 0 Å². The lowest BCUT2D eigenvalue weighted by Crippen LogP contribution is -2.33. The fourth-order valence-electron chi connectivity index (χ4n) is 4.09. The molecule has 0 saturated carbocycles. The first-order valence-electron chi connectivity index (χ1n) is 10.9. The fourth-order valence-corrected chi connectivity index (χ4v) is 4.09. The molecule has 8 nitrogen and oxygen atoms in total. The maximum Gasteiger partial charge on any atom is 0.339 e. The number of piperidine rings is 1. The zero-order valence-corrected chi connectivity index (χ0v) is 17.7. The molecule has 0 amide bonds. The Labute approximate surface area is 177 Å². The van der Waals surface area contributed by atoms with E-state index in [4.69, 9.17) is 4.74 Å². The first-order chi connectivity index (χ1) is 14.7. The highest BCUT2D eigenvalue weighted by atomic mass is 16.5. The van der Waals surface area contributed by atoms with Crippen molar-refractivity contribution in [3.05, 3.63) is 36.3 Å². The van der Waals surface area contributed by atoms with Crippen molar-refractivity contribution in [1.82, 2.24) is 15.0 Å². The van der Waals surface area contributed by atoms with E-state index >= 15 is 0 Å². The standard InChI is InChI=1S/C22H30N6O2/c1-2-30-22(29)18-7-8-19(23-16-18)27-11-6-12-28(14-13-27)21-15-20(24-17-25-21)26-9-4-3-5-10-26/h7-8,15-17H,2-6,9-14H2,1H3. The van der Waals surface area contributed by atoms with Gasteiger partial charge in [-0.15, -0.1) is 0 Å². The van der Waals surface area contributed by atoms with Crippen molar-refractivity contribution in [2.75, 3.05) is 60.6 Å². The highest BCUT2D eigenvalue weighted by Gasteiger charge is 2.19. The Morgan fingerprint density at radius 2 is 1.47 bits per heavy atom. The molecule has 0 bridgehead atoms. The number of rotatable bonds is 5. The van der Waals surface area contributed by atoms with Crippen LogP contribution in [0.3, 0.4) is 0 Å². The molecule has 0 aliphatic carbocycles. The maximum absolute atomic E-state index is 11.8. The van der Waals surface area contributed by atoms with E-state index in [0.717, 1.165) is 63.1 Å². The average molecular weight is 411 g/mol. The zero-order chi connectivity index (χ0) is 20.8. The van der Waals surface area contributed by atoms with Gasteiger partial charge >= 0.3 is 5.97 Å². The summed E-state index contributed by atoms with van der Waals surface area (Å²) in [6.45, 7) is 7.93. The van der Waals surface area contributed by atoms with Gasteiger partial charge in [0.1, 0.15) is 23.8 Å². The Hall–Kier alpha value is -2.90. The minimum Gasteiger partial charge on any atom is -0.462 e. The molecule has 4 heterocycles. The summed E-state index contributed by atoms with van der Waals surface area (Å²) < 4.78 is 5.04. The smallest absolute Gasteiger partial charge is 0.339 e. The molecule has 30 heavy (non-hydrogen) atoms. The van der Waals surface area contributed by atoms with Crippen LogP contribution in [0.15, 0.2) is 30.7 Å². The zero-order valence-electron chi connectivity index (χ0n) is 17.7. The first-order valence-corrected chi connectivity index (χ1v) is 10.9. The van der Waals surface area contributed by atoms with Crippen LogP contribution in [0, 0.1) is 0 Å². The van der Waals surface area contributed by atoms with Crippen molar-refractivity contribution < 1.29 is 9.53 Å². The monoisotopic (exact) mass is 410 g/mol. The van der Waals surface area contributed by atoms with Crippen LogP contribution in [-0.2, 0) is 4.74 Å². The van der Waals surface area contributed by atoms with Crippen LogP contribution in [0.25, 0.3) is 0 Å². The van der Waals surface area contributed by atoms with Gasteiger partial charge < -0.3 is 19.4 Å². The van der Waals surface area contributed by atoms with E-state index in [0.29, 0.717) is 12.2 Å². The molecule has 0 atom stereocenters. The number of pyridine rings is 1. The second-order valence-corrected chi connectivity index (χ2v) is 7.74. The van der Waals surface area contributed by atoms with Gasteiger partial charge in [-0.05, 0) is 44.7 Å². The lowest BCUT2D eigenvalue weighted by molar-refractivity contribution is 0.0526. The second-order valence-electron chi connectivity index (χ2n) is 7.74. The molecule has 160 valence electrons. The summed E-state index contributed by atoms with van der Waals surface area (Å²) >= 11 is 0. The van der Waals surface area contributed by atoms with Crippen LogP contribution >= 0.6 is 0 Å². The number of carbonyl (C=O) groups is 1. The number of hydrogen-bond donors (Lipinski definition) is 0. The minimum atomic E-state index is -0.327. The van der Waals surface area contributed by atoms with Crippen molar-refractivity contribution in [3.8, 4) is 0 Å². The van der Waals surface area contributed by atoms with Gasteiger partial charge in [0.2, 0.25) is 0 Å². The molecule has 2 fully saturated rings. The van der Waals surface area contributed by atoms with Gasteiger partial charge in [0.05, 0.1) is 12.2 Å². The van der Waals surface area contributed by atoms with E-state index in [2.05, 4.69) is 35.7 Å². The maximum atomic E-state index is 11.8. The molecule has 0 N–H and O–H groups in total. The summed E-state index contributed by atoms with van der Waals surface area (Å²) in [5, 5.41) is 0. The number of anilines is 3. The molecule has 2 aliphatic rings. The normalized spacial score (nSPS) is 17.6. The number of hydrogen-bond acceptors (Lipinski definition) is 8. The van der Waals surface area contributed by atoms with Gasteiger partial charge in [0.25, 0.3) is 0 Å². The van der Waals surface area contributed by atoms with Crippen molar-refractivity contribution in [3.63, 3.8) is 0 Å². The second kappa shape index (κ2) is 9.73. The Kier molecular flexibility index (Phi) is 6.61. The van der Waals surface area contributed by atoms with Gasteiger partial charge in [-0.2, -0.15) is 0 Å². The van der Waals surface area contributed by atoms with Gasteiger partial charge in [-0.25, -0.2) is 19.7 Å². The number of nitrogens with zero attached hydrogens (tertiary/aromatic N) is 6. The van der Waals surface area contributed by atoms with Gasteiger partial charge in [-0.1, -0.05) is 0 Å². The highest BCUT2D eigenvalue weighted by Crippen LogP contribution is 2.23. The van der Waals surface area contributed by atoms with Crippen LogP contribution < -0.4 is 14.7 Å². The lowest BCUT2D eigenvalue weighted by atomic mass is 10.1. The molecule has 0 unspecified atom stereocenters. The van der Waals surface area contributed by atoms with E-state index < -0.39 is 0 Å². The Balaban J connectivity index is 1.40. The SMILES string of the molecule is CCOC(=O)c1ccc(N2CCCN(c3cc(N4CCCCC4)ncn3)CC2)nc1. The van der Waals surface area contributed by atoms with Crippen LogP contribution in [0.1, 0.15) is 43.0 Å². The molecule has 2 saturated heterocycles. The topological polar surface area (TPSA) is 74.7 Å². The molecule has 0 radical (unpaired) electrons. The highest BCUT2D eigenvalue weighted by molar-refractivity contribution is 5.89. The third kappa shape index (κ3) is 4.80. The van der Waals surface area contributed by atoms with E-state index in [9.17, 15) is 4.79 Å². The number of carbonyl (C=O) groups excluding carboxylic acids is 1. The summed E-state index contributed by atoms with van der Waals surface area (Å²) in [4.78, 5) is 32.4. The summed E-state index contributed by atoms with van der Waals surface area (Å²) in [5.74, 6) is 2.60. The van der Waals surface area contributed by atoms with E-state index in [-0.39, 0.29) is 5.97 Å². The predicted octanol–water partition coefficient (Wildman–Crippen LogP) is 2.76. The van der Waals surface area contributed by atoms with Crippen molar-refractivity contribution >= 4 is 23.4 Å². The van der Waals surface area contributed by atoms with Gasteiger partial charge in [0.15, 0.2) is 0 Å². The summed E-state index contributed by atoms with van der Waals surface area (Å²) in [7, 11) is 0. The molecule has 2 aromatic rings. The largest absolute Gasteiger partial charge is 0.462 e. The van der Waals surface area contributed by atoms with Crippen LogP contribution in [0.2, 0.25) is 0 Å². The lowest BCUT2D eigenvalue weighted by Gasteiger charge is -2.29. The summed E-state index contributed by atoms with van der Waals surface area (Å²) in [6.07, 6.45) is 8.10.